The van der Waals surface area contributed by atoms with E-state index in [4.69, 9.17) is 4.52 Å². The summed E-state index contributed by atoms with van der Waals surface area (Å²) in [6.07, 6.45) is 0. The second-order valence-corrected chi connectivity index (χ2v) is 5.55. The van der Waals surface area contributed by atoms with Crippen LogP contribution in [-0.2, 0) is 10.2 Å². The third kappa shape index (κ3) is 1.66. The third-order valence-corrected chi connectivity index (χ3v) is 3.83. The molecule has 5 heteroatoms. The van der Waals surface area contributed by atoms with Crippen LogP contribution in [0.3, 0.4) is 0 Å². The average Bonchev–Trinajstić information content (AvgIpc) is 2.92. The second kappa shape index (κ2) is 4.16. The van der Waals surface area contributed by atoms with Gasteiger partial charge in [-0.3, -0.25) is 4.79 Å². The van der Waals surface area contributed by atoms with Gasteiger partial charge < -0.3 is 9.42 Å². The van der Waals surface area contributed by atoms with Gasteiger partial charge in [0.25, 0.3) is 5.89 Å². The summed E-state index contributed by atoms with van der Waals surface area (Å²) >= 11 is 0. The molecule has 0 spiro atoms. The summed E-state index contributed by atoms with van der Waals surface area (Å²) in [7, 11) is 0. The fourth-order valence-electron chi connectivity index (χ4n) is 2.71. The summed E-state index contributed by atoms with van der Waals surface area (Å²) in [5.41, 5.74) is 2.35. The molecule has 0 radical (unpaired) electrons. The highest BCUT2D eigenvalue weighted by atomic mass is 16.5. The van der Waals surface area contributed by atoms with Crippen LogP contribution in [0.4, 0.5) is 5.69 Å². The van der Waals surface area contributed by atoms with Crippen molar-refractivity contribution in [2.24, 2.45) is 0 Å². The number of nitrogens with zero attached hydrogens (tertiary/aromatic N) is 3. The molecule has 0 saturated heterocycles. The van der Waals surface area contributed by atoms with Crippen LogP contribution in [-0.4, -0.2) is 22.6 Å². The summed E-state index contributed by atoms with van der Waals surface area (Å²) in [6, 6.07) is 5.87. The van der Waals surface area contributed by atoms with Crippen molar-refractivity contribution >= 4 is 11.6 Å². The van der Waals surface area contributed by atoms with Crippen LogP contribution in [0.1, 0.15) is 32.2 Å². The van der Waals surface area contributed by atoms with Gasteiger partial charge in [-0.1, -0.05) is 11.2 Å². The van der Waals surface area contributed by atoms with Gasteiger partial charge >= 0.3 is 0 Å². The molecule has 104 valence electrons. The van der Waals surface area contributed by atoms with Crippen molar-refractivity contribution in [2.45, 2.75) is 33.1 Å². The highest BCUT2D eigenvalue weighted by molar-refractivity contribution is 6.08. The highest BCUT2D eigenvalue weighted by Gasteiger charge is 2.43. The lowest BCUT2D eigenvalue weighted by atomic mass is 9.86. The summed E-state index contributed by atoms with van der Waals surface area (Å²) < 4.78 is 5.19. The van der Waals surface area contributed by atoms with Crippen LogP contribution in [0.25, 0.3) is 11.5 Å². The highest BCUT2D eigenvalue weighted by Crippen LogP contribution is 2.42. The maximum absolute atomic E-state index is 12.4. The van der Waals surface area contributed by atoms with Crippen molar-refractivity contribution in [1.29, 1.82) is 0 Å². The van der Waals surface area contributed by atoms with E-state index >= 15 is 0 Å². The molecular weight excluding hydrogens is 254 g/mol. The van der Waals surface area contributed by atoms with E-state index in [9.17, 15) is 4.79 Å². The van der Waals surface area contributed by atoms with Gasteiger partial charge in [0, 0.05) is 17.8 Å². The number of rotatable bonds is 2. The minimum atomic E-state index is -0.478. The van der Waals surface area contributed by atoms with E-state index in [0.717, 1.165) is 16.8 Å². The number of aromatic nitrogens is 2. The number of carbonyl (C=O) groups excluding carboxylic acids is 1. The average molecular weight is 271 g/mol. The molecule has 2 aromatic rings. The first-order valence-electron chi connectivity index (χ1n) is 6.72. The molecule has 0 bridgehead atoms. The fraction of sp³-hybridized carbons (Fsp3) is 0.400. The number of carbonyl (C=O) groups is 1. The van der Waals surface area contributed by atoms with Gasteiger partial charge in [0.2, 0.25) is 5.91 Å². The molecule has 3 rings (SSSR count). The Bertz CT molecular complexity index is 688. The molecule has 5 nitrogen and oxygen atoms in total. The first-order valence-corrected chi connectivity index (χ1v) is 6.72. The molecule has 1 aromatic heterocycles. The van der Waals surface area contributed by atoms with Crippen LogP contribution in [0.2, 0.25) is 0 Å². The first-order chi connectivity index (χ1) is 9.45. The van der Waals surface area contributed by atoms with Crippen LogP contribution in [0, 0.1) is 6.92 Å². The van der Waals surface area contributed by atoms with E-state index in [1.54, 1.807) is 6.92 Å². The van der Waals surface area contributed by atoms with E-state index in [1.165, 1.54) is 0 Å². The SMILES string of the molecule is CCN1C(=O)C(C)(C)c2ccc(-c3nc(C)no3)cc21. The minimum absolute atomic E-state index is 0.133. The predicted octanol–water partition coefficient (Wildman–Crippen LogP) is 2.69. The summed E-state index contributed by atoms with van der Waals surface area (Å²) in [5, 5.41) is 3.80. The zero-order valence-electron chi connectivity index (χ0n) is 12.1. The van der Waals surface area contributed by atoms with Gasteiger partial charge in [-0.2, -0.15) is 4.98 Å². The largest absolute Gasteiger partial charge is 0.334 e. The summed E-state index contributed by atoms with van der Waals surface area (Å²) in [4.78, 5) is 18.5. The zero-order valence-corrected chi connectivity index (χ0v) is 12.1. The maximum Gasteiger partial charge on any atom is 0.257 e. The van der Waals surface area contributed by atoms with Crippen LogP contribution >= 0.6 is 0 Å². The van der Waals surface area contributed by atoms with Crippen LogP contribution < -0.4 is 4.90 Å². The topological polar surface area (TPSA) is 59.2 Å². The van der Waals surface area contributed by atoms with E-state index < -0.39 is 5.41 Å². The Balaban J connectivity index is 2.14. The maximum atomic E-state index is 12.4. The number of anilines is 1. The lowest BCUT2D eigenvalue weighted by Crippen LogP contribution is -2.35. The Morgan fingerprint density at radius 2 is 2.10 bits per heavy atom. The normalized spacial score (nSPS) is 16.6. The Morgan fingerprint density at radius 1 is 1.35 bits per heavy atom. The number of benzene rings is 1. The van der Waals surface area contributed by atoms with Crippen LogP contribution in [0.5, 0.6) is 0 Å². The van der Waals surface area contributed by atoms with Crippen molar-refractivity contribution in [3.05, 3.63) is 29.6 Å². The van der Waals surface area contributed by atoms with Gasteiger partial charge in [0.15, 0.2) is 5.82 Å². The Morgan fingerprint density at radius 3 is 2.70 bits per heavy atom. The number of likely N-dealkylation sites (N-methyl/N-ethyl adjacent to an activating group) is 1. The molecule has 0 unspecified atom stereocenters. The van der Waals surface area contributed by atoms with Gasteiger partial charge in [0.1, 0.15) is 0 Å². The fourth-order valence-corrected chi connectivity index (χ4v) is 2.71. The molecule has 0 saturated carbocycles. The minimum Gasteiger partial charge on any atom is -0.334 e. The first kappa shape index (κ1) is 12.8. The number of fused-ring (bicyclic) bond motifs is 1. The number of hydrogen-bond donors (Lipinski definition) is 0. The third-order valence-electron chi connectivity index (χ3n) is 3.83. The Labute approximate surface area is 117 Å². The molecule has 1 amide bonds. The number of aryl methyl sites for hydroxylation is 1. The molecule has 0 fully saturated rings. The summed E-state index contributed by atoms with van der Waals surface area (Å²) in [6.45, 7) is 8.33. The van der Waals surface area contributed by atoms with Gasteiger partial charge in [-0.15, -0.1) is 0 Å². The molecular formula is C15H17N3O2. The smallest absolute Gasteiger partial charge is 0.257 e. The van der Waals surface area contributed by atoms with Crippen LogP contribution in [0.15, 0.2) is 22.7 Å². The number of hydrogen-bond acceptors (Lipinski definition) is 4. The second-order valence-electron chi connectivity index (χ2n) is 5.55. The standard InChI is InChI=1S/C15H17N3O2/c1-5-18-12-8-10(13-16-9(2)17-20-13)6-7-11(12)15(3,4)14(18)19/h6-8H,5H2,1-4H3. The Hall–Kier alpha value is -2.17. The number of amides is 1. The van der Waals surface area contributed by atoms with Crippen molar-refractivity contribution in [3.63, 3.8) is 0 Å². The molecule has 0 aliphatic carbocycles. The van der Waals surface area contributed by atoms with Crippen molar-refractivity contribution in [2.75, 3.05) is 11.4 Å². The van der Waals surface area contributed by atoms with Crippen molar-refractivity contribution < 1.29 is 9.32 Å². The quantitative estimate of drug-likeness (QED) is 0.842. The molecule has 0 atom stereocenters. The van der Waals surface area contributed by atoms with Crippen molar-refractivity contribution in [3.8, 4) is 11.5 Å². The summed E-state index contributed by atoms with van der Waals surface area (Å²) in [5.74, 6) is 1.22. The molecule has 20 heavy (non-hydrogen) atoms. The van der Waals surface area contributed by atoms with Gasteiger partial charge in [-0.05, 0) is 45.4 Å². The van der Waals surface area contributed by atoms with Gasteiger partial charge in [0.05, 0.1) is 5.41 Å². The molecule has 1 aromatic carbocycles. The molecule has 1 aliphatic heterocycles. The monoisotopic (exact) mass is 271 g/mol. The lowest BCUT2D eigenvalue weighted by molar-refractivity contribution is -0.122. The molecule has 0 N–H and O–H groups in total. The predicted molar refractivity (Wildman–Crippen MR) is 75.5 cm³/mol. The van der Waals surface area contributed by atoms with E-state index in [-0.39, 0.29) is 5.91 Å². The zero-order chi connectivity index (χ0) is 14.5. The molecule has 2 heterocycles. The van der Waals surface area contributed by atoms with E-state index in [0.29, 0.717) is 18.3 Å². The van der Waals surface area contributed by atoms with Crippen molar-refractivity contribution in [1.82, 2.24) is 10.1 Å². The lowest BCUT2D eigenvalue weighted by Gasteiger charge is -2.18. The Kier molecular flexibility index (Phi) is 2.67. The van der Waals surface area contributed by atoms with E-state index in [1.807, 2.05) is 43.9 Å². The van der Waals surface area contributed by atoms with E-state index in [2.05, 4.69) is 10.1 Å². The molecule has 1 aliphatic rings. The van der Waals surface area contributed by atoms with Gasteiger partial charge in [-0.25, -0.2) is 0 Å².